The predicted molar refractivity (Wildman–Crippen MR) is 67.4 cm³/mol. The molecule has 0 aromatic heterocycles. The first-order valence-electron chi connectivity index (χ1n) is 6.27. The summed E-state index contributed by atoms with van der Waals surface area (Å²) in [4.78, 5) is 19.0. The Labute approximate surface area is 101 Å². The highest BCUT2D eigenvalue weighted by Gasteiger charge is 2.33. The van der Waals surface area contributed by atoms with E-state index in [1.54, 1.807) is 0 Å². The van der Waals surface area contributed by atoms with Crippen LogP contribution in [0.4, 0.5) is 0 Å². The number of benzene rings is 1. The number of piperidine rings is 1. The molecule has 1 atom stereocenters. The van der Waals surface area contributed by atoms with Gasteiger partial charge in [-0.25, -0.2) is 0 Å². The molecule has 1 fully saturated rings. The summed E-state index contributed by atoms with van der Waals surface area (Å²) in [6, 6.07) is 9.93. The van der Waals surface area contributed by atoms with E-state index in [-0.39, 0.29) is 5.78 Å². The summed E-state index contributed by atoms with van der Waals surface area (Å²) in [5.74, 6) is 0.760. The number of fused-ring (bicyclic) bond motifs is 1. The van der Waals surface area contributed by atoms with E-state index in [1.807, 2.05) is 30.3 Å². The second-order valence-electron chi connectivity index (χ2n) is 4.70. The van der Waals surface area contributed by atoms with E-state index in [2.05, 4.69) is 9.89 Å². The number of rotatable bonds is 2. The topological polar surface area (TPSA) is 32.7 Å². The third-order valence-electron chi connectivity index (χ3n) is 3.59. The standard InChI is InChI=1S/C14H16N2O/c17-13(11-6-2-1-3-7-11)14-15-10-12-8-4-5-9-16(12)14/h1-3,6-7,12H,4-5,8-10H2. The van der Waals surface area contributed by atoms with Crippen LogP contribution in [0.25, 0.3) is 0 Å². The minimum atomic E-state index is 0.0787. The van der Waals surface area contributed by atoms with E-state index >= 15 is 0 Å². The highest BCUT2D eigenvalue weighted by Crippen LogP contribution is 2.23. The summed E-state index contributed by atoms with van der Waals surface area (Å²) < 4.78 is 0. The van der Waals surface area contributed by atoms with Crippen LogP contribution >= 0.6 is 0 Å². The van der Waals surface area contributed by atoms with E-state index in [0.29, 0.717) is 11.9 Å². The smallest absolute Gasteiger partial charge is 0.227 e. The molecule has 0 amide bonds. The van der Waals surface area contributed by atoms with Crippen LogP contribution in [-0.2, 0) is 0 Å². The number of hydrogen-bond acceptors (Lipinski definition) is 3. The first-order valence-corrected chi connectivity index (χ1v) is 6.27. The van der Waals surface area contributed by atoms with Crippen molar-refractivity contribution in [2.75, 3.05) is 13.1 Å². The number of carbonyl (C=O) groups excluding carboxylic acids is 1. The van der Waals surface area contributed by atoms with Crippen molar-refractivity contribution in [2.24, 2.45) is 4.99 Å². The molecule has 1 aromatic carbocycles. The Kier molecular flexibility index (Phi) is 2.67. The minimum Gasteiger partial charge on any atom is -0.349 e. The summed E-state index contributed by atoms with van der Waals surface area (Å²) in [6.07, 6.45) is 3.62. The predicted octanol–water partition coefficient (Wildman–Crippen LogP) is 2.14. The molecule has 1 unspecified atom stereocenters. The van der Waals surface area contributed by atoms with Gasteiger partial charge >= 0.3 is 0 Å². The van der Waals surface area contributed by atoms with Crippen molar-refractivity contribution >= 4 is 11.6 Å². The third kappa shape index (κ3) is 1.86. The Bertz CT molecular complexity index is 453. The van der Waals surface area contributed by atoms with Gasteiger partial charge < -0.3 is 4.90 Å². The van der Waals surface area contributed by atoms with Crippen LogP contribution in [0.2, 0.25) is 0 Å². The molecule has 3 nitrogen and oxygen atoms in total. The highest BCUT2D eigenvalue weighted by atomic mass is 16.1. The normalized spacial score (nSPS) is 23.2. The second kappa shape index (κ2) is 4.32. The maximum Gasteiger partial charge on any atom is 0.227 e. The Balaban J connectivity index is 1.83. The van der Waals surface area contributed by atoms with Gasteiger partial charge in [-0.3, -0.25) is 9.79 Å². The van der Waals surface area contributed by atoms with E-state index in [1.165, 1.54) is 19.3 Å². The summed E-state index contributed by atoms with van der Waals surface area (Å²) in [5, 5.41) is 0. The molecule has 0 bridgehead atoms. The molecule has 2 aliphatic heterocycles. The maximum atomic E-state index is 12.3. The fraction of sp³-hybridized carbons (Fsp3) is 0.429. The average molecular weight is 228 g/mol. The van der Waals surface area contributed by atoms with Gasteiger partial charge in [-0.2, -0.15) is 0 Å². The zero-order valence-electron chi connectivity index (χ0n) is 9.80. The Morgan fingerprint density at radius 1 is 1.24 bits per heavy atom. The molecule has 3 heteroatoms. The molecular weight excluding hydrogens is 212 g/mol. The van der Waals surface area contributed by atoms with Crippen LogP contribution < -0.4 is 0 Å². The first kappa shape index (κ1) is 10.5. The fourth-order valence-corrected chi connectivity index (χ4v) is 2.67. The van der Waals surface area contributed by atoms with Crippen molar-refractivity contribution in [2.45, 2.75) is 25.3 Å². The fourth-order valence-electron chi connectivity index (χ4n) is 2.67. The third-order valence-corrected chi connectivity index (χ3v) is 3.59. The molecule has 0 saturated carbocycles. The minimum absolute atomic E-state index is 0.0787. The quantitative estimate of drug-likeness (QED) is 0.726. The zero-order valence-corrected chi connectivity index (χ0v) is 9.80. The molecular formula is C14H16N2O. The lowest BCUT2D eigenvalue weighted by Crippen LogP contribution is -2.43. The van der Waals surface area contributed by atoms with Gasteiger partial charge in [-0.05, 0) is 19.3 Å². The number of amidine groups is 1. The summed E-state index contributed by atoms with van der Waals surface area (Å²) in [6.45, 7) is 1.79. The molecule has 0 radical (unpaired) electrons. The van der Waals surface area contributed by atoms with Gasteiger partial charge in [0, 0.05) is 12.1 Å². The largest absolute Gasteiger partial charge is 0.349 e. The SMILES string of the molecule is O=C(C1=NCC2CCCCN12)c1ccccc1. The highest BCUT2D eigenvalue weighted by molar-refractivity contribution is 6.45. The van der Waals surface area contributed by atoms with Crippen LogP contribution in [0.3, 0.4) is 0 Å². The van der Waals surface area contributed by atoms with Crippen LogP contribution in [0, 0.1) is 0 Å². The van der Waals surface area contributed by atoms with Gasteiger partial charge in [0.2, 0.25) is 5.78 Å². The molecule has 88 valence electrons. The summed E-state index contributed by atoms with van der Waals surface area (Å²) in [7, 11) is 0. The average Bonchev–Trinajstić information content (AvgIpc) is 2.83. The van der Waals surface area contributed by atoms with Gasteiger partial charge in [-0.15, -0.1) is 0 Å². The van der Waals surface area contributed by atoms with Gasteiger partial charge in [-0.1, -0.05) is 30.3 Å². The molecule has 2 heterocycles. The molecule has 2 aliphatic rings. The van der Waals surface area contributed by atoms with Crippen molar-refractivity contribution in [3.8, 4) is 0 Å². The lowest BCUT2D eigenvalue weighted by Gasteiger charge is -2.31. The molecule has 3 rings (SSSR count). The number of hydrogen-bond donors (Lipinski definition) is 0. The van der Waals surface area contributed by atoms with Crippen LogP contribution in [0.15, 0.2) is 35.3 Å². The molecule has 1 saturated heterocycles. The van der Waals surface area contributed by atoms with E-state index < -0.39 is 0 Å². The van der Waals surface area contributed by atoms with Crippen LogP contribution in [-0.4, -0.2) is 35.7 Å². The van der Waals surface area contributed by atoms with Crippen LogP contribution in [0.1, 0.15) is 29.6 Å². The van der Waals surface area contributed by atoms with Gasteiger partial charge in [0.1, 0.15) is 0 Å². The molecule has 1 aromatic rings. The van der Waals surface area contributed by atoms with Crippen molar-refractivity contribution in [1.82, 2.24) is 4.90 Å². The van der Waals surface area contributed by atoms with Crippen molar-refractivity contribution in [3.05, 3.63) is 35.9 Å². The van der Waals surface area contributed by atoms with Gasteiger partial charge in [0.15, 0.2) is 5.84 Å². The molecule has 0 aliphatic carbocycles. The van der Waals surface area contributed by atoms with Crippen molar-refractivity contribution < 1.29 is 4.79 Å². The molecule has 0 N–H and O–H groups in total. The summed E-state index contributed by atoms with van der Waals surface area (Å²) >= 11 is 0. The summed E-state index contributed by atoms with van der Waals surface area (Å²) in [5.41, 5.74) is 0.748. The first-order chi connectivity index (χ1) is 8.36. The molecule has 17 heavy (non-hydrogen) atoms. The van der Waals surface area contributed by atoms with E-state index in [4.69, 9.17) is 0 Å². The number of aliphatic imine (C=N–C) groups is 1. The number of ketones is 1. The van der Waals surface area contributed by atoms with Crippen molar-refractivity contribution in [1.29, 1.82) is 0 Å². The van der Waals surface area contributed by atoms with Gasteiger partial charge in [0.25, 0.3) is 0 Å². The number of nitrogens with zero attached hydrogens (tertiary/aromatic N) is 2. The molecule has 0 spiro atoms. The lowest BCUT2D eigenvalue weighted by molar-refractivity contribution is 0.104. The Hall–Kier alpha value is -1.64. The monoisotopic (exact) mass is 228 g/mol. The van der Waals surface area contributed by atoms with Gasteiger partial charge in [0.05, 0.1) is 12.6 Å². The Morgan fingerprint density at radius 2 is 2.06 bits per heavy atom. The Morgan fingerprint density at radius 3 is 2.88 bits per heavy atom. The maximum absolute atomic E-state index is 12.3. The lowest BCUT2D eigenvalue weighted by atomic mass is 10.0. The number of Topliss-reactive ketones (excluding diaryl/α,β-unsaturated/α-hetero) is 1. The van der Waals surface area contributed by atoms with E-state index in [9.17, 15) is 4.79 Å². The van der Waals surface area contributed by atoms with Crippen LogP contribution in [0.5, 0.6) is 0 Å². The van der Waals surface area contributed by atoms with Crippen molar-refractivity contribution in [3.63, 3.8) is 0 Å². The number of carbonyl (C=O) groups is 1. The zero-order chi connectivity index (χ0) is 11.7. The second-order valence-corrected chi connectivity index (χ2v) is 4.70. The van der Waals surface area contributed by atoms with E-state index in [0.717, 1.165) is 18.7 Å².